The number of aromatic nitrogens is 2. The molecule has 0 saturated carbocycles. The average molecular weight is 376 g/mol. The molecule has 1 amide bonds. The number of thiazole rings is 1. The van der Waals surface area contributed by atoms with Gasteiger partial charge in [0.25, 0.3) is 5.91 Å². The van der Waals surface area contributed by atoms with Gasteiger partial charge in [0.15, 0.2) is 5.13 Å². The number of benzene rings is 1. The molecular formula is C21H20N4OS. The van der Waals surface area contributed by atoms with Crippen LogP contribution in [0.5, 0.6) is 0 Å². The van der Waals surface area contributed by atoms with E-state index in [1.54, 1.807) is 23.6 Å². The zero-order valence-electron chi connectivity index (χ0n) is 15.7. The molecule has 27 heavy (non-hydrogen) atoms. The Morgan fingerprint density at radius 1 is 1.26 bits per heavy atom. The van der Waals surface area contributed by atoms with E-state index in [-0.39, 0.29) is 5.57 Å². The van der Waals surface area contributed by atoms with Crippen LogP contribution in [0, 0.1) is 39.0 Å². The standard InChI is InChI=1S/C21H20N4OS/c1-13-6-5-7-14(2)19(13)24-20(26)18(12-22)11-17-10-15(3)25(16(17)4)21-23-8-9-27-21/h5-11H,1-4H3,(H,24,26)/b18-11+. The smallest absolute Gasteiger partial charge is 0.266 e. The van der Waals surface area contributed by atoms with Gasteiger partial charge in [-0.1, -0.05) is 18.2 Å². The van der Waals surface area contributed by atoms with Crippen molar-refractivity contribution in [1.82, 2.24) is 9.55 Å². The van der Waals surface area contributed by atoms with Crippen molar-refractivity contribution >= 4 is 29.0 Å². The van der Waals surface area contributed by atoms with Gasteiger partial charge in [-0.05, 0) is 56.5 Å². The monoisotopic (exact) mass is 376 g/mol. The van der Waals surface area contributed by atoms with Crippen LogP contribution in [0.15, 0.2) is 41.4 Å². The maximum atomic E-state index is 12.7. The molecule has 0 aliphatic carbocycles. The predicted octanol–water partition coefficient (Wildman–Crippen LogP) is 4.71. The highest BCUT2D eigenvalue weighted by Crippen LogP contribution is 2.25. The molecule has 0 aliphatic heterocycles. The molecule has 0 bridgehead atoms. The molecule has 136 valence electrons. The number of amides is 1. The zero-order chi connectivity index (χ0) is 19.6. The van der Waals surface area contributed by atoms with Crippen LogP contribution >= 0.6 is 11.3 Å². The highest BCUT2D eigenvalue weighted by atomic mass is 32.1. The number of nitriles is 1. The number of hydrogen-bond donors (Lipinski definition) is 1. The molecule has 0 atom stereocenters. The summed E-state index contributed by atoms with van der Waals surface area (Å²) in [6.07, 6.45) is 3.39. The molecule has 1 aromatic carbocycles. The fourth-order valence-electron chi connectivity index (χ4n) is 3.05. The van der Waals surface area contributed by atoms with Crippen molar-refractivity contribution in [3.8, 4) is 11.2 Å². The molecule has 0 aliphatic rings. The number of rotatable bonds is 4. The van der Waals surface area contributed by atoms with Crippen LogP contribution in [-0.2, 0) is 4.79 Å². The Morgan fingerprint density at radius 3 is 2.56 bits per heavy atom. The molecule has 5 nitrogen and oxygen atoms in total. The number of nitrogens with zero attached hydrogens (tertiary/aromatic N) is 3. The number of para-hydroxylation sites is 1. The number of carbonyl (C=O) groups excluding carboxylic acids is 1. The Balaban J connectivity index is 1.95. The Hall–Kier alpha value is -3.17. The molecule has 2 aromatic heterocycles. The second-order valence-electron chi connectivity index (χ2n) is 6.37. The number of carbonyl (C=O) groups is 1. The predicted molar refractivity (Wildman–Crippen MR) is 109 cm³/mol. The van der Waals surface area contributed by atoms with Crippen molar-refractivity contribution in [3.63, 3.8) is 0 Å². The van der Waals surface area contributed by atoms with Crippen molar-refractivity contribution in [2.45, 2.75) is 27.7 Å². The Labute approximate surface area is 162 Å². The van der Waals surface area contributed by atoms with Gasteiger partial charge in [0.1, 0.15) is 11.6 Å². The molecule has 6 heteroatoms. The first-order valence-corrected chi connectivity index (χ1v) is 9.38. The van der Waals surface area contributed by atoms with Gasteiger partial charge >= 0.3 is 0 Å². The molecule has 1 N–H and O–H groups in total. The number of hydrogen-bond acceptors (Lipinski definition) is 4. The van der Waals surface area contributed by atoms with Crippen LogP contribution < -0.4 is 5.32 Å². The largest absolute Gasteiger partial charge is 0.321 e. The number of nitrogens with one attached hydrogen (secondary N) is 1. The highest BCUT2D eigenvalue weighted by Gasteiger charge is 2.16. The van der Waals surface area contributed by atoms with Gasteiger partial charge in [-0.3, -0.25) is 9.36 Å². The van der Waals surface area contributed by atoms with Crippen LogP contribution in [0.25, 0.3) is 11.2 Å². The summed E-state index contributed by atoms with van der Waals surface area (Å²) < 4.78 is 2.02. The summed E-state index contributed by atoms with van der Waals surface area (Å²) >= 11 is 1.54. The SMILES string of the molecule is Cc1cccc(C)c1NC(=O)/C(C#N)=C/c1cc(C)n(-c2nccs2)c1C. The van der Waals surface area contributed by atoms with Crippen molar-refractivity contribution in [2.75, 3.05) is 5.32 Å². The minimum Gasteiger partial charge on any atom is -0.321 e. The topological polar surface area (TPSA) is 70.7 Å². The van der Waals surface area contributed by atoms with Gasteiger partial charge in [-0.2, -0.15) is 5.26 Å². The molecule has 0 unspecified atom stereocenters. The van der Waals surface area contributed by atoms with E-state index in [4.69, 9.17) is 0 Å². The second-order valence-corrected chi connectivity index (χ2v) is 7.24. The van der Waals surface area contributed by atoms with E-state index in [2.05, 4.69) is 10.3 Å². The number of anilines is 1. The summed E-state index contributed by atoms with van der Waals surface area (Å²) in [6.45, 7) is 7.80. The number of aryl methyl sites for hydroxylation is 3. The van der Waals surface area contributed by atoms with E-state index >= 15 is 0 Å². The fourth-order valence-corrected chi connectivity index (χ4v) is 3.80. The minimum absolute atomic E-state index is 0.0667. The molecule has 0 spiro atoms. The van der Waals surface area contributed by atoms with E-state index in [9.17, 15) is 10.1 Å². The van der Waals surface area contributed by atoms with Crippen LogP contribution in [0.2, 0.25) is 0 Å². The zero-order valence-corrected chi connectivity index (χ0v) is 16.5. The summed E-state index contributed by atoms with van der Waals surface area (Å²) in [4.78, 5) is 17.0. The van der Waals surface area contributed by atoms with Gasteiger partial charge < -0.3 is 5.32 Å². The Kier molecular flexibility index (Phi) is 5.24. The molecule has 2 heterocycles. The van der Waals surface area contributed by atoms with Gasteiger partial charge in [0, 0.05) is 28.7 Å². The van der Waals surface area contributed by atoms with E-state index in [0.717, 1.165) is 38.9 Å². The summed E-state index contributed by atoms with van der Waals surface area (Å²) in [7, 11) is 0. The summed E-state index contributed by atoms with van der Waals surface area (Å²) in [5.41, 5.74) is 5.51. The molecule has 0 radical (unpaired) electrons. The molecule has 3 rings (SSSR count). The lowest BCUT2D eigenvalue weighted by Crippen LogP contribution is -2.15. The molecular weight excluding hydrogens is 356 g/mol. The van der Waals surface area contributed by atoms with Crippen LogP contribution in [0.4, 0.5) is 5.69 Å². The van der Waals surface area contributed by atoms with E-state index in [1.807, 2.05) is 68.0 Å². The van der Waals surface area contributed by atoms with Crippen LogP contribution in [0.1, 0.15) is 28.1 Å². The van der Waals surface area contributed by atoms with Gasteiger partial charge in [0.05, 0.1) is 0 Å². The first-order chi connectivity index (χ1) is 12.9. The van der Waals surface area contributed by atoms with E-state index in [0.29, 0.717) is 0 Å². The lowest BCUT2D eigenvalue weighted by atomic mass is 10.1. The summed E-state index contributed by atoms with van der Waals surface area (Å²) in [5.74, 6) is -0.408. The van der Waals surface area contributed by atoms with Gasteiger partial charge in [-0.25, -0.2) is 4.98 Å². The quantitative estimate of drug-likeness (QED) is 0.529. The average Bonchev–Trinajstić information content (AvgIpc) is 3.24. The minimum atomic E-state index is -0.408. The van der Waals surface area contributed by atoms with Crippen molar-refractivity contribution in [1.29, 1.82) is 5.26 Å². The second kappa shape index (κ2) is 7.60. The third kappa shape index (κ3) is 3.69. The highest BCUT2D eigenvalue weighted by molar-refractivity contribution is 7.12. The molecule has 3 aromatic rings. The normalized spacial score (nSPS) is 11.3. The fraction of sp³-hybridized carbons (Fsp3) is 0.190. The van der Waals surface area contributed by atoms with Crippen molar-refractivity contribution in [2.24, 2.45) is 0 Å². The molecule has 0 saturated heterocycles. The van der Waals surface area contributed by atoms with E-state index in [1.165, 1.54) is 0 Å². The van der Waals surface area contributed by atoms with Gasteiger partial charge in [0.2, 0.25) is 0 Å². The summed E-state index contributed by atoms with van der Waals surface area (Å²) in [6, 6.07) is 9.79. The Morgan fingerprint density at radius 2 is 1.96 bits per heavy atom. The maximum absolute atomic E-state index is 12.7. The third-order valence-corrected chi connectivity index (χ3v) is 5.22. The van der Waals surface area contributed by atoms with Crippen molar-refractivity contribution in [3.05, 3.63) is 69.5 Å². The Bertz CT molecular complexity index is 1050. The maximum Gasteiger partial charge on any atom is 0.266 e. The molecule has 0 fully saturated rings. The summed E-state index contributed by atoms with van der Waals surface area (Å²) in [5, 5.41) is 15.2. The lowest BCUT2D eigenvalue weighted by Gasteiger charge is -2.11. The van der Waals surface area contributed by atoms with E-state index < -0.39 is 5.91 Å². The van der Waals surface area contributed by atoms with Crippen LogP contribution in [0.3, 0.4) is 0 Å². The van der Waals surface area contributed by atoms with Crippen LogP contribution in [-0.4, -0.2) is 15.5 Å². The van der Waals surface area contributed by atoms with Crippen molar-refractivity contribution < 1.29 is 4.79 Å². The first-order valence-electron chi connectivity index (χ1n) is 8.50. The van der Waals surface area contributed by atoms with Gasteiger partial charge in [-0.15, -0.1) is 11.3 Å². The lowest BCUT2D eigenvalue weighted by molar-refractivity contribution is -0.112. The third-order valence-electron chi connectivity index (χ3n) is 4.47. The first kappa shape index (κ1) is 18.6.